The minimum atomic E-state index is 0.672. The highest BCUT2D eigenvalue weighted by molar-refractivity contribution is 6.00. The molecule has 8 bridgehead atoms. The summed E-state index contributed by atoms with van der Waals surface area (Å²) in [6, 6.07) is 36.3. The predicted molar refractivity (Wildman–Crippen MR) is 573 cm³/mol. The lowest BCUT2D eigenvalue weighted by Crippen LogP contribution is -2.50. The van der Waals surface area contributed by atoms with E-state index in [9.17, 15) is 0 Å². The minimum Gasteiger partial charge on any atom is -0.493 e. The molecule has 0 saturated carbocycles. The second kappa shape index (κ2) is 59.5. The van der Waals surface area contributed by atoms with Crippen LogP contribution in [0.25, 0.3) is 90.9 Å². The van der Waals surface area contributed by atoms with Crippen LogP contribution in [0.2, 0.25) is 0 Å². The third-order valence-corrected chi connectivity index (χ3v) is 29.6. The molecule has 2 N–H and O–H groups in total. The number of rotatable bonds is 72. The molecule has 0 amide bonds. The number of quaternary nitrogens is 4. The quantitative estimate of drug-likeness (QED) is 0.0291. The van der Waals surface area contributed by atoms with Crippen LogP contribution in [-0.4, -0.2) is 169 Å². The lowest BCUT2D eigenvalue weighted by Gasteiger charge is -2.39. The largest absolute Gasteiger partial charge is 0.493 e. The van der Waals surface area contributed by atoms with Gasteiger partial charge in [0.2, 0.25) is 0 Å². The fourth-order valence-electron chi connectivity index (χ4n) is 21.0. The van der Waals surface area contributed by atoms with Crippen molar-refractivity contribution in [2.75, 3.05) is 131 Å². The summed E-state index contributed by atoms with van der Waals surface area (Å²) in [6.07, 6.45) is 58.9. The molecule has 12 heteroatoms. The van der Waals surface area contributed by atoms with Crippen molar-refractivity contribution in [1.29, 1.82) is 0 Å². The smallest absolute Gasteiger partial charge is 0.122 e. The fraction of sp³-hybridized carbons (Fsp3) is 0.633. The fourth-order valence-corrected chi connectivity index (χ4v) is 21.0. The lowest BCUT2D eigenvalue weighted by atomic mass is 10.0. The molecule has 12 nitrogen and oxygen atoms in total. The summed E-state index contributed by atoms with van der Waals surface area (Å²) in [4.78, 5) is 20.1. The van der Waals surface area contributed by atoms with Crippen LogP contribution in [0.5, 0.6) is 23.0 Å². The number of fused-ring (bicyclic) bond motifs is 8. The first-order chi connectivity index (χ1) is 64.5. The van der Waals surface area contributed by atoms with E-state index >= 15 is 0 Å². The van der Waals surface area contributed by atoms with Crippen molar-refractivity contribution in [1.82, 2.24) is 19.9 Å². The van der Waals surface area contributed by atoms with Crippen LogP contribution in [-0.2, 0) is 0 Å². The van der Waals surface area contributed by atoms with Gasteiger partial charge in [0.25, 0.3) is 0 Å². The number of aryl methyl sites for hydroxylation is 4. The average Bonchev–Trinajstić information content (AvgIpc) is 1.60. The molecule has 730 valence electrons. The Morgan fingerprint density at radius 1 is 0.205 bits per heavy atom. The van der Waals surface area contributed by atoms with Gasteiger partial charge in [-0.05, 0) is 325 Å². The second-order valence-electron chi connectivity index (χ2n) is 40.7. The molecule has 5 heterocycles. The van der Waals surface area contributed by atoms with Crippen molar-refractivity contribution >= 4 is 46.4 Å². The molecule has 7 aromatic rings. The monoisotopic (exact) mass is 1810 g/mol. The van der Waals surface area contributed by atoms with Gasteiger partial charge in [0.15, 0.2) is 0 Å². The highest BCUT2D eigenvalue weighted by Crippen LogP contribution is 2.43. The molecule has 0 radical (unpaired) electrons. The summed E-state index contributed by atoms with van der Waals surface area (Å²) in [7, 11) is 0. The van der Waals surface area contributed by atoms with Gasteiger partial charge in [-0.25, -0.2) is 9.97 Å². The molecule has 2 aliphatic heterocycles. The topological polar surface area (TPSA) is 94.3 Å². The second-order valence-corrected chi connectivity index (χ2v) is 40.7. The zero-order valence-electron chi connectivity index (χ0n) is 87.3. The van der Waals surface area contributed by atoms with E-state index in [-0.39, 0.29) is 0 Å². The Morgan fingerprint density at radius 2 is 0.371 bits per heavy atom. The molecule has 0 unspecified atom stereocenters. The Kier molecular flexibility index (Phi) is 48.8. The number of unbranched alkanes of at least 4 members (excludes halogenated alkanes) is 24. The molecule has 0 aliphatic carbocycles. The standard InChI is InChI=1S/C120H190N8O4/c1-17-29-73-125(74-30-18-2,75-31-19-3)85-49-41-45-53-89-129-113-93-101(61-57-97(113)13)117-105-65-67-107(121-105)118(102-62-58-98(14)114(94-102)130-90-54-46-42-50-86-126(76-32-20-4,77-33-21-5)78-34-22-6)109-69-71-111(123-109)120(104-64-60-100(16)116(96-104)132-92-56-48-44-52-88-128(82-38-26-10,83-39-27-11)84-40-28-12)112-72-70-110(124-112)119(108-68-66-106(117)122-108)103-63-59-99(15)115(95-103)131-91-55-47-43-51-87-127(79-35-23-7,80-36-24-8)81-37-25-9/h57-72,93-96,121,124H,17-56,73-92H2,1-16H3/q+4. The molecule has 0 spiro atoms. The first-order valence-electron chi connectivity index (χ1n) is 55.0. The Bertz CT molecular complexity index is 4030. The Morgan fingerprint density at radius 3 is 0.545 bits per heavy atom. The number of nitrogens with zero attached hydrogens (tertiary/aromatic N) is 6. The first-order valence-corrected chi connectivity index (χ1v) is 55.0. The van der Waals surface area contributed by atoms with Gasteiger partial charge >= 0.3 is 0 Å². The highest BCUT2D eigenvalue weighted by Gasteiger charge is 2.31. The molecule has 0 saturated heterocycles. The molecule has 0 fully saturated rings. The number of aromatic amines is 2. The minimum absolute atomic E-state index is 0.672. The maximum atomic E-state index is 6.98. The van der Waals surface area contributed by atoms with Crippen LogP contribution >= 0.6 is 0 Å². The zero-order chi connectivity index (χ0) is 94.1. The molecule has 132 heavy (non-hydrogen) atoms. The SMILES string of the molecule is CCCC[N+](CCCC)(CCCC)CCCCCCOc1cc(-c2c3nc(c(-c4ccc(C)c(OCCCCCC[N+](CCCC)(CCCC)CCCC)c4)c4ccc([nH]4)c(-c4ccc(C)c(OCCCCCC[N+](CCCC)(CCCC)CCCC)c4)c4nc(c(-c5ccc(C)c(OCCCCCC[N+](CCCC)(CCCC)CCCC)c5)c5ccc2[nH]5)C=C4)C=C3)ccc1C. The number of benzene rings is 4. The van der Waals surface area contributed by atoms with Gasteiger partial charge in [-0.1, -0.05) is 209 Å². The molecule has 4 aromatic carbocycles. The van der Waals surface area contributed by atoms with Crippen LogP contribution in [0.3, 0.4) is 0 Å². The van der Waals surface area contributed by atoms with Crippen molar-refractivity contribution in [3.63, 3.8) is 0 Å². The molecule has 9 rings (SSSR count). The number of hydrogen-bond donors (Lipinski definition) is 2. The molecular weight excluding hydrogens is 1620 g/mol. The number of nitrogens with one attached hydrogen (secondary N) is 2. The third-order valence-electron chi connectivity index (χ3n) is 29.6. The van der Waals surface area contributed by atoms with Gasteiger partial charge < -0.3 is 46.8 Å². The van der Waals surface area contributed by atoms with Gasteiger partial charge in [-0.3, -0.25) is 0 Å². The maximum absolute atomic E-state index is 6.98. The van der Waals surface area contributed by atoms with E-state index in [0.717, 1.165) is 186 Å². The molecule has 2 aliphatic rings. The van der Waals surface area contributed by atoms with Crippen LogP contribution < -0.4 is 18.9 Å². The van der Waals surface area contributed by atoms with Crippen LogP contribution in [0, 0.1) is 27.7 Å². The van der Waals surface area contributed by atoms with Crippen molar-refractivity contribution in [3.8, 4) is 67.5 Å². The van der Waals surface area contributed by atoms with E-state index in [0.29, 0.717) is 26.4 Å². The third kappa shape index (κ3) is 33.5. The number of H-pyrrole nitrogens is 2. The van der Waals surface area contributed by atoms with Crippen molar-refractivity contribution < 1.29 is 36.9 Å². The van der Waals surface area contributed by atoms with Crippen LogP contribution in [0.15, 0.2) is 97.1 Å². The Balaban J connectivity index is 1.14. The molecular formula is C120H190N8O4+4. The zero-order valence-corrected chi connectivity index (χ0v) is 87.3. The van der Waals surface area contributed by atoms with E-state index in [1.165, 1.54) is 328 Å². The average molecular weight is 1810 g/mol. The predicted octanol–water partition coefficient (Wildman–Crippen LogP) is 33.2. The van der Waals surface area contributed by atoms with Gasteiger partial charge in [0.05, 0.1) is 154 Å². The number of aromatic nitrogens is 4. The van der Waals surface area contributed by atoms with Gasteiger partial charge in [0, 0.05) is 44.3 Å². The Labute approximate surface area is 806 Å². The highest BCUT2D eigenvalue weighted by atomic mass is 16.5. The summed E-state index contributed by atoms with van der Waals surface area (Å²) in [5, 5.41) is 0. The summed E-state index contributed by atoms with van der Waals surface area (Å²) < 4.78 is 33.1. The maximum Gasteiger partial charge on any atom is 0.122 e. The van der Waals surface area contributed by atoms with Gasteiger partial charge in [-0.15, -0.1) is 0 Å². The van der Waals surface area contributed by atoms with Crippen molar-refractivity contribution in [2.45, 2.75) is 368 Å². The van der Waals surface area contributed by atoms with Crippen molar-refractivity contribution in [3.05, 3.63) is 142 Å². The van der Waals surface area contributed by atoms with E-state index < -0.39 is 0 Å². The normalized spacial score (nSPS) is 12.5. The number of ether oxygens (including phenoxy) is 4. The van der Waals surface area contributed by atoms with E-state index in [1.54, 1.807) is 0 Å². The van der Waals surface area contributed by atoms with E-state index in [2.05, 4.69) is 242 Å². The molecule has 3 aromatic heterocycles. The van der Waals surface area contributed by atoms with Crippen LogP contribution in [0.4, 0.5) is 0 Å². The van der Waals surface area contributed by atoms with E-state index in [4.69, 9.17) is 28.9 Å². The summed E-state index contributed by atoms with van der Waals surface area (Å²) >= 11 is 0. The van der Waals surface area contributed by atoms with Crippen LogP contribution in [0.1, 0.15) is 385 Å². The summed E-state index contributed by atoms with van der Waals surface area (Å²) in [6.45, 7) is 60.9. The van der Waals surface area contributed by atoms with Crippen molar-refractivity contribution in [2.24, 2.45) is 0 Å². The number of hydrogen-bond acceptors (Lipinski definition) is 6. The first kappa shape index (κ1) is 108. The van der Waals surface area contributed by atoms with Gasteiger partial charge in [0.1, 0.15) is 23.0 Å². The van der Waals surface area contributed by atoms with E-state index in [1.807, 2.05) is 0 Å². The summed E-state index contributed by atoms with van der Waals surface area (Å²) in [5.74, 6) is 3.66. The lowest BCUT2D eigenvalue weighted by molar-refractivity contribution is -0.929. The summed E-state index contributed by atoms with van der Waals surface area (Å²) in [5.41, 5.74) is 20.0. The van der Waals surface area contributed by atoms with Gasteiger partial charge in [-0.2, -0.15) is 0 Å². The molecule has 0 atom stereocenters. The Hall–Kier alpha value is -7.48.